The summed E-state index contributed by atoms with van der Waals surface area (Å²) in [5, 5.41) is 20.1. The van der Waals surface area contributed by atoms with Crippen LogP contribution in [0.3, 0.4) is 0 Å². The molecule has 1 N–H and O–H groups in total. The minimum absolute atomic E-state index is 0.145. The van der Waals surface area contributed by atoms with Gasteiger partial charge in [-0.2, -0.15) is 0 Å². The van der Waals surface area contributed by atoms with Crippen LogP contribution in [-0.4, -0.2) is 24.2 Å². The second-order valence-corrected chi connectivity index (χ2v) is 5.47. The molecule has 8 heteroatoms. The highest BCUT2D eigenvalue weighted by Gasteiger charge is 2.24. The van der Waals surface area contributed by atoms with E-state index in [9.17, 15) is 19.8 Å². The van der Waals surface area contributed by atoms with Crippen molar-refractivity contribution in [1.82, 2.24) is 0 Å². The number of non-ortho nitro benzene ring substituents is 1. The maximum atomic E-state index is 11.8. The second-order valence-electron chi connectivity index (χ2n) is 3.20. The zero-order chi connectivity index (χ0) is 13.1. The molecule has 17 heavy (non-hydrogen) atoms. The van der Waals surface area contributed by atoms with Crippen LogP contribution in [0.5, 0.6) is 5.75 Å². The quantitative estimate of drug-likeness (QED) is 0.496. The molecule has 0 amide bonds. The minimum Gasteiger partial charge on any atom is -0.508 e. The number of benzene rings is 1. The first-order valence-electron chi connectivity index (χ1n) is 4.58. The zero-order valence-corrected chi connectivity index (χ0v) is 10.2. The van der Waals surface area contributed by atoms with Gasteiger partial charge in [-0.15, -0.1) is 0 Å². The Labute approximate surface area is 97.7 Å². The van der Waals surface area contributed by atoms with Crippen molar-refractivity contribution in [2.75, 3.05) is 14.2 Å². The van der Waals surface area contributed by atoms with Crippen LogP contribution in [0.4, 0.5) is 5.69 Å². The van der Waals surface area contributed by atoms with Crippen LogP contribution in [0.1, 0.15) is 5.56 Å². The van der Waals surface area contributed by atoms with Gasteiger partial charge >= 0.3 is 7.60 Å². The molecule has 94 valence electrons. The molecule has 1 rings (SSSR count). The topological polar surface area (TPSA) is 98.9 Å². The first kappa shape index (κ1) is 13.6. The molecular formula is C9H12NO6P. The van der Waals surface area contributed by atoms with E-state index < -0.39 is 12.5 Å². The minimum atomic E-state index is -3.36. The van der Waals surface area contributed by atoms with Crippen LogP contribution >= 0.6 is 7.60 Å². The van der Waals surface area contributed by atoms with Gasteiger partial charge in [-0.3, -0.25) is 14.7 Å². The van der Waals surface area contributed by atoms with Gasteiger partial charge in [-0.05, 0) is 6.07 Å². The number of hydrogen-bond acceptors (Lipinski definition) is 6. The third-order valence-corrected chi connectivity index (χ3v) is 4.03. The van der Waals surface area contributed by atoms with Crippen molar-refractivity contribution in [2.45, 2.75) is 6.16 Å². The van der Waals surface area contributed by atoms with Crippen molar-refractivity contribution in [2.24, 2.45) is 0 Å². The van der Waals surface area contributed by atoms with Gasteiger partial charge < -0.3 is 14.2 Å². The van der Waals surface area contributed by atoms with E-state index in [1.54, 1.807) is 0 Å². The first-order valence-corrected chi connectivity index (χ1v) is 6.31. The van der Waals surface area contributed by atoms with E-state index in [2.05, 4.69) is 0 Å². The maximum absolute atomic E-state index is 11.8. The maximum Gasteiger partial charge on any atom is 0.334 e. The molecule has 0 aliphatic carbocycles. The standard InChI is InChI=1S/C9H12NO6P/c1-15-17(14,16-2)6-7-5-8(10(12)13)3-4-9(7)11/h3-5,11H,6H2,1-2H3. The average molecular weight is 261 g/mol. The molecule has 1 aromatic carbocycles. The first-order chi connectivity index (χ1) is 7.91. The van der Waals surface area contributed by atoms with Crippen molar-refractivity contribution < 1.29 is 23.6 Å². The van der Waals surface area contributed by atoms with Crippen LogP contribution in [0.15, 0.2) is 18.2 Å². The predicted molar refractivity (Wildman–Crippen MR) is 60.1 cm³/mol. The Bertz CT molecular complexity index is 467. The normalized spacial score (nSPS) is 11.4. The summed E-state index contributed by atoms with van der Waals surface area (Å²) < 4.78 is 21.2. The highest BCUT2D eigenvalue weighted by Crippen LogP contribution is 2.51. The van der Waals surface area contributed by atoms with Gasteiger partial charge in [0, 0.05) is 31.9 Å². The van der Waals surface area contributed by atoms with Gasteiger partial charge in [-0.25, -0.2) is 0 Å². The van der Waals surface area contributed by atoms with Gasteiger partial charge in [0.2, 0.25) is 0 Å². The summed E-state index contributed by atoms with van der Waals surface area (Å²) in [7, 11) is -0.949. The molecular weight excluding hydrogens is 249 g/mol. The van der Waals surface area contributed by atoms with E-state index >= 15 is 0 Å². The van der Waals surface area contributed by atoms with Gasteiger partial charge in [0.15, 0.2) is 0 Å². The molecule has 1 aromatic rings. The van der Waals surface area contributed by atoms with E-state index in [0.717, 1.165) is 12.1 Å². The van der Waals surface area contributed by atoms with Gasteiger partial charge in [0.05, 0.1) is 11.1 Å². The van der Waals surface area contributed by atoms with Crippen LogP contribution < -0.4 is 0 Å². The molecule has 0 fully saturated rings. The summed E-state index contributed by atoms with van der Waals surface area (Å²) in [6.07, 6.45) is -0.229. The Hall–Kier alpha value is -1.43. The number of phenolic OH excluding ortho intramolecular Hbond substituents is 1. The summed E-state index contributed by atoms with van der Waals surface area (Å²) in [4.78, 5) is 9.96. The lowest BCUT2D eigenvalue weighted by Gasteiger charge is -2.13. The Morgan fingerprint density at radius 1 is 1.41 bits per heavy atom. The zero-order valence-electron chi connectivity index (χ0n) is 9.32. The van der Waals surface area contributed by atoms with Crippen molar-refractivity contribution in [1.29, 1.82) is 0 Å². The number of phenols is 1. The third-order valence-electron chi connectivity index (χ3n) is 2.19. The molecule has 0 unspecified atom stereocenters. The molecule has 0 heterocycles. The fourth-order valence-electron chi connectivity index (χ4n) is 1.22. The third kappa shape index (κ3) is 3.26. The fourth-order valence-corrected chi connectivity index (χ4v) is 2.30. The predicted octanol–water partition coefficient (Wildman–Crippen LogP) is 2.29. The molecule has 0 aliphatic heterocycles. The molecule has 0 aromatic heterocycles. The SMILES string of the molecule is COP(=O)(Cc1cc([N+](=O)[O-])ccc1O)OC. The Morgan fingerprint density at radius 3 is 2.47 bits per heavy atom. The summed E-state index contributed by atoms with van der Waals surface area (Å²) in [5.41, 5.74) is -0.0530. The number of aromatic hydroxyl groups is 1. The van der Waals surface area contributed by atoms with Crippen LogP contribution in [0, 0.1) is 10.1 Å². The molecule has 0 saturated carbocycles. The molecule has 0 spiro atoms. The monoisotopic (exact) mass is 261 g/mol. The highest BCUT2D eigenvalue weighted by atomic mass is 31.2. The molecule has 7 nitrogen and oxygen atoms in total. The lowest BCUT2D eigenvalue weighted by atomic mass is 10.2. The van der Waals surface area contributed by atoms with Gasteiger partial charge in [0.25, 0.3) is 5.69 Å². The number of nitro groups is 1. The fraction of sp³-hybridized carbons (Fsp3) is 0.333. The van der Waals surface area contributed by atoms with Crippen molar-refractivity contribution >= 4 is 13.3 Å². The van der Waals surface area contributed by atoms with Gasteiger partial charge in [0.1, 0.15) is 5.75 Å². The molecule has 0 atom stereocenters. The summed E-state index contributed by atoms with van der Waals surface area (Å²) in [6, 6.07) is 3.46. The largest absolute Gasteiger partial charge is 0.508 e. The lowest BCUT2D eigenvalue weighted by Crippen LogP contribution is -1.96. The lowest BCUT2D eigenvalue weighted by molar-refractivity contribution is -0.384. The Balaban J connectivity index is 3.09. The Morgan fingerprint density at radius 2 is 2.00 bits per heavy atom. The van der Waals surface area contributed by atoms with E-state index in [0.29, 0.717) is 0 Å². The van der Waals surface area contributed by atoms with E-state index in [1.165, 1.54) is 20.3 Å². The summed E-state index contributed by atoms with van der Waals surface area (Å²) >= 11 is 0. The number of nitro benzene ring substituents is 1. The van der Waals surface area contributed by atoms with Crippen LogP contribution in [0.2, 0.25) is 0 Å². The molecule has 0 bridgehead atoms. The number of nitrogens with zero attached hydrogens (tertiary/aromatic N) is 1. The van der Waals surface area contributed by atoms with Crippen molar-refractivity contribution in [3.05, 3.63) is 33.9 Å². The summed E-state index contributed by atoms with van der Waals surface area (Å²) in [6.45, 7) is 0. The highest BCUT2D eigenvalue weighted by molar-refractivity contribution is 7.52. The second kappa shape index (κ2) is 5.27. The molecule has 0 saturated heterocycles. The smallest absolute Gasteiger partial charge is 0.334 e. The number of hydrogen-bond donors (Lipinski definition) is 1. The average Bonchev–Trinajstić information content (AvgIpc) is 2.31. The summed E-state index contributed by atoms with van der Waals surface area (Å²) in [5.74, 6) is -0.190. The van der Waals surface area contributed by atoms with Crippen LogP contribution in [-0.2, 0) is 19.8 Å². The van der Waals surface area contributed by atoms with E-state index in [4.69, 9.17) is 9.05 Å². The molecule has 0 aliphatic rings. The number of rotatable bonds is 5. The van der Waals surface area contributed by atoms with Crippen molar-refractivity contribution in [3.8, 4) is 5.75 Å². The van der Waals surface area contributed by atoms with Crippen molar-refractivity contribution in [3.63, 3.8) is 0 Å². The van der Waals surface area contributed by atoms with Crippen LogP contribution in [0.25, 0.3) is 0 Å². The Kier molecular flexibility index (Phi) is 4.22. The van der Waals surface area contributed by atoms with E-state index in [-0.39, 0.29) is 23.2 Å². The molecule has 0 radical (unpaired) electrons. The van der Waals surface area contributed by atoms with E-state index in [1.807, 2.05) is 0 Å². The van der Waals surface area contributed by atoms with Gasteiger partial charge in [-0.1, -0.05) is 0 Å².